The van der Waals surface area contributed by atoms with E-state index in [4.69, 9.17) is 0 Å². The number of hydrogen-bond donors (Lipinski definition) is 1. The molecule has 1 aromatic heterocycles. The van der Waals surface area contributed by atoms with Gasteiger partial charge in [0.05, 0.1) is 5.75 Å². The molecule has 1 amide bonds. The molecule has 1 unspecified atom stereocenters. The number of carbonyl (C=O) groups excluding carboxylic acids is 1. The predicted molar refractivity (Wildman–Crippen MR) is 110 cm³/mol. The van der Waals surface area contributed by atoms with Gasteiger partial charge in [0.1, 0.15) is 0 Å². The summed E-state index contributed by atoms with van der Waals surface area (Å²) in [4.78, 5) is 12.3. The maximum absolute atomic E-state index is 12.3. The van der Waals surface area contributed by atoms with Crippen molar-refractivity contribution < 1.29 is 4.79 Å². The van der Waals surface area contributed by atoms with E-state index in [1.165, 1.54) is 11.8 Å². The number of carbonyl (C=O) groups is 1. The molecule has 2 aromatic carbocycles. The number of amides is 1. The highest BCUT2D eigenvalue weighted by molar-refractivity contribution is 7.99. The molecule has 0 aliphatic heterocycles. The van der Waals surface area contributed by atoms with Crippen LogP contribution in [0.25, 0.3) is 17.1 Å². The molecule has 0 spiro atoms. The number of rotatable bonds is 7. The first kappa shape index (κ1) is 19.2. The second-order valence-corrected chi connectivity index (χ2v) is 7.67. The molecule has 0 fully saturated rings. The third kappa shape index (κ3) is 4.77. The lowest BCUT2D eigenvalue weighted by Gasteiger charge is -2.17. The molecular formula is C21H24N4OS. The van der Waals surface area contributed by atoms with E-state index >= 15 is 0 Å². The Labute approximate surface area is 164 Å². The molecule has 3 aromatic rings. The first-order valence-corrected chi connectivity index (χ1v) is 10.0. The van der Waals surface area contributed by atoms with Crippen LogP contribution >= 0.6 is 11.8 Å². The molecule has 6 heteroatoms. The highest BCUT2D eigenvalue weighted by Gasteiger charge is 2.18. The highest BCUT2D eigenvalue weighted by Crippen LogP contribution is 2.27. The van der Waals surface area contributed by atoms with Crippen molar-refractivity contribution in [1.29, 1.82) is 0 Å². The third-order valence-corrected chi connectivity index (χ3v) is 5.33. The number of hydrogen-bond acceptors (Lipinski definition) is 4. The lowest BCUT2D eigenvalue weighted by Crippen LogP contribution is -2.37. The minimum Gasteiger partial charge on any atom is -0.353 e. The lowest BCUT2D eigenvalue weighted by molar-refractivity contribution is -0.119. The van der Waals surface area contributed by atoms with Gasteiger partial charge in [-0.05, 0) is 25.0 Å². The van der Waals surface area contributed by atoms with Gasteiger partial charge < -0.3 is 5.32 Å². The van der Waals surface area contributed by atoms with Crippen molar-refractivity contribution in [3.63, 3.8) is 0 Å². The number of nitrogens with one attached hydrogen (secondary N) is 1. The quantitative estimate of drug-likeness (QED) is 0.625. The average Bonchev–Trinajstić information content (AvgIpc) is 3.11. The third-order valence-electron chi connectivity index (χ3n) is 4.40. The van der Waals surface area contributed by atoms with E-state index in [1.807, 2.05) is 72.2 Å². The summed E-state index contributed by atoms with van der Waals surface area (Å²) in [7, 11) is 0. The van der Waals surface area contributed by atoms with Crippen LogP contribution < -0.4 is 5.32 Å². The minimum absolute atomic E-state index is 0.00470. The molecule has 5 nitrogen and oxygen atoms in total. The molecule has 0 saturated carbocycles. The van der Waals surface area contributed by atoms with Crippen molar-refractivity contribution in [2.45, 2.75) is 32.0 Å². The Morgan fingerprint density at radius 2 is 1.63 bits per heavy atom. The van der Waals surface area contributed by atoms with E-state index in [1.54, 1.807) is 0 Å². The van der Waals surface area contributed by atoms with E-state index in [9.17, 15) is 4.79 Å². The summed E-state index contributed by atoms with van der Waals surface area (Å²) < 4.78 is 2.00. The van der Waals surface area contributed by atoms with Gasteiger partial charge in [-0.2, -0.15) is 0 Å². The monoisotopic (exact) mass is 380 g/mol. The Morgan fingerprint density at radius 3 is 2.26 bits per heavy atom. The van der Waals surface area contributed by atoms with Crippen LogP contribution in [-0.4, -0.2) is 32.5 Å². The molecular weight excluding hydrogens is 356 g/mol. The molecule has 0 radical (unpaired) electrons. The number of thioether (sulfide) groups is 1. The van der Waals surface area contributed by atoms with Crippen LogP contribution in [0.3, 0.4) is 0 Å². The Balaban J connectivity index is 1.86. The smallest absolute Gasteiger partial charge is 0.230 e. The van der Waals surface area contributed by atoms with Crippen molar-refractivity contribution in [1.82, 2.24) is 20.1 Å². The van der Waals surface area contributed by atoms with Crippen LogP contribution in [0.2, 0.25) is 0 Å². The van der Waals surface area contributed by atoms with Crippen molar-refractivity contribution in [3.05, 3.63) is 60.7 Å². The Hall–Kier alpha value is -2.60. The summed E-state index contributed by atoms with van der Waals surface area (Å²) in [5.74, 6) is 1.47. The zero-order valence-corrected chi connectivity index (χ0v) is 16.6. The standard InChI is InChI=1S/C21H24N4OS/c1-15(2)16(3)22-19(26)14-27-21-24-23-20(17-10-6-4-7-11-17)25(21)18-12-8-5-9-13-18/h4-13,15-16H,14H2,1-3H3,(H,22,26). The normalized spacial score (nSPS) is 12.1. The van der Waals surface area contributed by atoms with Crippen LogP contribution in [-0.2, 0) is 4.79 Å². The molecule has 0 aliphatic rings. The largest absolute Gasteiger partial charge is 0.353 e. The number of aromatic nitrogens is 3. The molecule has 0 aliphatic carbocycles. The van der Waals surface area contributed by atoms with Gasteiger partial charge in [0.15, 0.2) is 11.0 Å². The van der Waals surface area contributed by atoms with Crippen molar-refractivity contribution in [2.24, 2.45) is 5.92 Å². The first-order valence-electron chi connectivity index (χ1n) is 9.04. The molecule has 1 heterocycles. The Morgan fingerprint density at radius 1 is 1.00 bits per heavy atom. The van der Waals surface area contributed by atoms with Crippen molar-refractivity contribution in [3.8, 4) is 17.1 Å². The fourth-order valence-corrected chi connectivity index (χ4v) is 3.30. The van der Waals surface area contributed by atoms with Crippen LogP contribution in [0.4, 0.5) is 0 Å². The van der Waals surface area contributed by atoms with E-state index in [2.05, 4.69) is 29.4 Å². The number of nitrogens with zero attached hydrogens (tertiary/aromatic N) is 3. The Kier molecular flexibility index (Phi) is 6.29. The zero-order chi connectivity index (χ0) is 19.2. The molecule has 140 valence electrons. The maximum Gasteiger partial charge on any atom is 0.230 e. The SMILES string of the molecule is CC(C)C(C)NC(=O)CSc1nnc(-c2ccccc2)n1-c1ccccc1. The van der Waals surface area contributed by atoms with E-state index in [0.29, 0.717) is 16.8 Å². The zero-order valence-electron chi connectivity index (χ0n) is 15.8. The lowest BCUT2D eigenvalue weighted by atomic mass is 10.1. The topological polar surface area (TPSA) is 59.8 Å². The number of para-hydroxylation sites is 1. The molecule has 27 heavy (non-hydrogen) atoms. The number of benzene rings is 2. The summed E-state index contributed by atoms with van der Waals surface area (Å²) >= 11 is 1.40. The fourth-order valence-electron chi connectivity index (χ4n) is 2.54. The van der Waals surface area contributed by atoms with E-state index < -0.39 is 0 Å². The summed E-state index contributed by atoms with van der Waals surface area (Å²) in [5.41, 5.74) is 1.96. The minimum atomic E-state index is 0.00470. The summed E-state index contributed by atoms with van der Waals surface area (Å²) in [6, 6.07) is 20.1. The van der Waals surface area contributed by atoms with Gasteiger partial charge in [0.2, 0.25) is 5.91 Å². The molecule has 0 saturated heterocycles. The molecule has 3 rings (SSSR count). The molecule has 0 bridgehead atoms. The summed E-state index contributed by atoms with van der Waals surface area (Å²) in [5, 5.41) is 12.5. The van der Waals surface area contributed by atoms with E-state index in [-0.39, 0.29) is 11.9 Å². The van der Waals surface area contributed by atoms with Gasteiger partial charge in [-0.1, -0.05) is 74.1 Å². The average molecular weight is 381 g/mol. The van der Waals surface area contributed by atoms with Crippen LogP contribution in [0.15, 0.2) is 65.8 Å². The van der Waals surface area contributed by atoms with Crippen LogP contribution in [0.1, 0.15) is 20.8 Å². The Bertz CT molecular complexity index is 878. The van der Waals surface area contributed by atoms with Gasteiger partial charge in [0, 0.05) is 17.3 Å². The fraction of sp³-hybridized carbons (Fsp3) is 0.286. The second kappa shape index (κ2) is 8.86. The first-order chi connectivity index (χ1) is 13.1. The van der Waals surface area contributed by atoms with Gasteiger partial charge in [-0.15, -0.1) is 10.2 Å². The summed E-state index contributed by atoms with van der Waals surface area (Å²) in [6.07, 6.45) is 0. The molecule has 1 N–H and O–H groups in total. The predicted octanol–water partition coefficient (Wildman–Crippen LogP) is 4.19. The second-order valence-electron chi connectivity index (χ2n) is 6.73. The van der Waals surface area contributed by atoms with Gasteiger partial charge in [-0.25, -0.2) is 0 Å². The van der Waals surface area contributed by atoms with Crippen LogP contribution in [0, 0.1) is 5.92 Å². The van der Waals surface area contributed by atoms with Gasteiger partial charge in [0.25, 0.3) is 0 Å². The summed E-state index contributed by atoms with van der Waals surface area (Å²) in [6.45, 7) is 6.21. The van der Waals surface area contributed by atoms with Crippen molar-refractivity contribution >= 4 is 17.7 Å². The highest BCUT2D eigenvalue weighted by atomic mass is 32.2. The van der Waals surface area contributed by atoms with Gasteiger partial charge in [-0.3, -0.25) is 9.36 Å². The molecule has 1 atom stereocenters. The van der Waals surface area contributed by atoms with Crippen LogP contribution in [0.5, 0.6) is 0 Å². The van der Waals surface area contributed by atoms with Gasteiger partial charge >= 0.3 is 0 Å². The maximum atomic E-state index is 12.3. The van der Waals surface area contributed by atoms with Crippen molar-refractivity contribution in [2.75, 3.05) is 5.75 Å². The van der Waals surface area contributed by atoms with E-state index in [0.717, 1.165) is 17.1 Å².